The number of nitrogens with zero attached hydrogens (tertiary/aromatic N) is 3. The summed E-state index contributed by atoms with van der Waals surface area (Å²) in [5.74, 6) is 0.861. The number of rotatable bonds is 4. The summed E-state index contributed by atoms with van der Waals surface area (Å²) in [6.07, 6.45) is 2.23. The van der Waals surface area contributed by atoms with Crippen molar-refractivity contribution in [3.05, 3.63) is 30.3 Å². The third kappa shape index (κ3) is 5.25. The number of carbonyl (C=O) groups is 1. The Bertz CT molecular complexity index is 553. The maximum Gasteiger partial charge on any atom is 0.239 e. The van der Waals surface area contributed by atoms with E-state index in [0.717, 1.165) is 45.0 Å². The number of hydrogen-bond donors (Lipinski definition) is 2. The Labute approximate surface area is 160 Å². The van der Waals surface area contributed by atoms with Gasteiger partial charge in [0, 0.05) is 45.0 Å². The van der Waals surface area contributed by atoms with Gasteiger partial charge >= 0.3 is 0 Å². The summed E-state index contributed by atoms with van der Waals surface area (Å²) in [6.45, 7) is 4.01. The molecule has 3 rings (SSSR count). The minimum Gasteiger partial charge on any atom is -0.368 e. The van der Waals surface area contributed by atoms with Crippen molar-refractivity contribution in [2.45, 2.75) is 18.9 Å². The van der Waals surface area contributed by atoms with Gasteiger partial charge in [0.2, 0.25) is 5.91 Å². The first-order valence-electron chi connectivity index (χ1n) is 8.31. The molecule has 0 atom stereocenters. The van der Waals surface area contributed by atoms with Crippen molar-refractivity contribution >= 4 is 41.5 Å². The highest BCUT2D eigenvalue weighted by atomic mass is 127. The number of carbonyl (C=O) groups excluding carboxylic acids is 1. The van der Waals surface area contributed by atoms with Gasteiger partial charge in [-0.2, -0.15) is 0 Å². The molecule has 0 bridgehead atoms. The fraction of sp³-hybridized carbons (Fsp3) is 0.529. The number of aliphatic imine (C=N–C) groups is 1. The molecule has 2 aliphatic rings. The Morgan fingerprint density at radius 3 is 2.42 bits per heavy atom. The maximum atomic E-state index is 11.8. The summed E-state index contributed by atoms with van der Waals surface area (Å²) >= 11 is 0. The fourth-order valence-corrected chi connectivity index (χ4v) is 2.81. The van der Waals surface area contributed by atoms with Crippen molar-refractivity contribution in [1.29, 1.82) is 0 Å². The van der Waals surface area contributed by atoms with Crippen LogP contribution in [0.25, 0.3) is 0 Å². The van der Waals surface area contributed by atoms with Gasteiger partial charge in [-0.1, -0.05) is 18.2 Å². The maximum absolute atomic E-state index is 11.8. The van der Waals surface area contributed by atoms with Crippen LogP contribution >= 0.6 is 24.0 Å². The molecule has 2 fully saturated rings. The molecule has 6 nitrogen and oxygen atoms in total. The molecule has 1 aliphatic carbocycles. The van der Waals surface area contributed by atoms with E-state index in [2.05, 4.69) is 49.7 Å². The minimum atomic E-state index is 0. The molecular weight excluding hydrogens is 417 g/mol. The SMILES string of the molecule is CN=C(NCC(=O)NC1CC1)N1CCN(c2ccccc2)CC1.I. The topological polar surface area (TPSA) is 60.0 Å². The van der Waals surface area contributed by atoms with E-state index in [-0.39, 0.29) is 29.9 Å². The van der Waals surface area contributed by atoms with Crippen LogP contribution in [0.4, 0.5) is 5.69 Å². The molecule has 0 aromatic heterocycles. The monoisotopic (exact) mass is 443 g/mol. The molecule has 0 unspecified atom stereocenters. The molecule has 1 aliphatic heterocycles. The van der Waals surface area contributed by atoms with Gasteiger partial charge in [-0.05, 0) is 25.0 Å². The molecule has 1 saturated heterocycles. The van der Waals surface area contributed by atoms with Crippen LogP contribution in [0.5, 0.6) is 0 Å². The second-order valence-corrected chi connectivity index (χ2v) is 6.05. The van der Waals surface area contributed by atoms with Crippen molar-refractivity contribution in [3.8, 4) is 0 Å². The second-order valence-electron chi connectivity index (χ2n) is 6.05. The van der Waals surface area contributed by atoms with E-state index in [0.29, 0.717) is 12.6 Å². The van der Waals surface area contributed by atoms with Crippen LogP contribution in [0.3, 0.4) is 0 Å². The molecule has 7 heteroatoms. The summed E-state index contributed by atoms with van der Waals surface area (Å²) in [5.41, 5.74) is 1.26. The van der Waals surface area contributed by atoms with Crippen LogP contribution in [-0.2, 0) is 4.79 Å². The number of guanidine groups is 1. The predicted molar refractivity (Wildman–Crippen MR) is 108 cm³/mol. The minimum absolute atomic E-state index is 0. The zero-order valence-electron chi connectivity index (χ0n) is 14.1. The molecule has 2 N–H and O–H groups in total. The van der Waals surface area contributed by atoms with Crippen LogP contribution in [0.1, 0.15) is 12.8 Å². The number of anilines is 1. The standard InChI is InChI=1S/C17H25N5O.HI/c1-18-17(19-13-16(23)20-14-7-8-14)22-11-9-21(10-12-22)15-5-3-2-4-6-15;/h2-6,14H,7-13H2,1H3,(H,18,19)(H,20,23);1H. The van der Waals surface area contributed by atoms with Crippen molar-refractivity contribution in [3.63, 3.8) is 0 Å². The van der Waals surface area contributed by atoms with Gasteiger partial charge in [0.25, 0.3) is 0 Å². The average molecular weight is 443 g/mol. The molecule has 1 saturated carbocycles. The van der Waals surface area contributed by atoms with Crippen molar-refractivity contribution in [2.24, 2.45) is 4.99 Å². The largest absolute Gasteiger partial charge is 0.368 e. The smallest absolute Gasteiger partial charge is 0.239 e. The summed E-state index contributed by atoms with van der Waals surface area (Å²) in [7, 11) is 1.77. The summed E-state index contributed by atoms with van der Waals surface area (Å²) in [6, 6.07) is 10.9. The number of piperazine rings is 1. The molecular formula is C17H26IN5O. The van der Waals surface area contributed by atoms with Gasteiger partial charge in [-0.3, -0.25) is 9.79 Å². The second kappa shape index (κ2) is 9.10. The highest BCUT2D eigenvalue weighted by Gasteiger charge is 2.24. The molecule has 0 radical (unpaired) electrons. The first-order chi connectivity index (χ1) is 11.3. The number of para-hydroxylation sites is 1. The van der Waals surface area contributed by atoms with Crippen LogP contribution in [-0.4, -0.2) is 62.6 Å². The van der Waals surface area contributed by atoms with Crippen molar-refractivity contribution in [2.75, 3.05) is 44.7 Å². The quantitative estimate of drug-likeness (QED) is 0.418. The highest BCUT2D eigenvalue weighted by molar-refractivity contribution is 14.0. The normalized spacial score (nSPS) is 18.0. The van der Waals surface area contributed by atoms with E-state index in [1.165, 1.54) is 5.69 Å². The summed E-state index contributed by atoms with van der Waals surface area (Å²) in [4.78, 5) is 20.7. The molecule has 0 spiro atoms. The van der Waals surface area contributed by atoms with Gasteiger partial charge in [0.15, 0.2) is 5.96 Å². The van der Waals surface area contributed by atoms with Crippen LogP contribution in [0.2, 0.25) is 0 Å². The first-order valence-corrected chi connectivity index (χ1v) is 8.31. The van der Waals surface area contributed by atoms with Gasteiger partial charge in [0.05, 0.1) is 6.54 Å². The van der Waals surface area contributed by atoms with E-state index in [1.54, 1.807) is 7.05 Å². The Morgan fingerprint density at radius 1 is 1.17 bits per heavy atom. The van der Waals surface area contributed by atoms with Gasteiger partial charge in [-0.15, -0.1) is 24.0 Å². The van der Waals surface area contributed by atoms with Crippen molar-refractivity contribution < 1.29 is 4.79 Å². The van der Waals surface area contributed by atoms with E-state index < -0.39 is 0 Å². The third-order valence-corrected chi connectivity index (χ3v) is 4.26. The van der Waals surface area contributed by atoms with Crippen LogP contribution < -0.4 is 15.5 Å². The number of hydrogen-bond acceptors (Lipinski definition) is 3. The lowest BCUT2D eigenvalue weighted by Gasteiger charge is -2.37. The predicted octanol–water partition coefficient (Wildman–Crippen LogP) is 1.28. The summed E-state index contributed by atoms with van der Waals surface area (Å²) in [5, 5.41) is 6.15. The van der Waals surface area contributed by atoms with Gasteiger partial charge in [0.1, 0.15) is 0 Å². The van der Waals surface area contributed by atoms with E-state index in [4.69, 9.17) is 0 Å². The molecule has 1 amide bonds. The molecule has 1 aromatic rings. The highest BCUT2D eigenvalue weighted by Crippen LogP contribution is 2.18. The van der Waals surface area contributed by atoms with Gasteiger partial charge in [-0.25, -0.2) is 0 Å². The lowest BCUT2D eigenvalue weighted by molar-refractivity contribution is -0.120. The Hall–Kier alpha value is -1.51. The number of amides is 1. The lowest BCUT2D eigenvalue weighted by atomic mass is 10.2. The number of benzene rings is 1. The lowest BCUT2D eigenvalue weighted by Crippen LogP contribution is -2.53. The fourth-order valence-electron chi connectivity index (χ4n) is 2.81. The van der Waals surface area contributed by atoms with E-state index in [1.807, 2.05) is 6.07 Å². The first kappa shape index (κ1) is 18.8. The summed E-state index contributed by atoms with van der Waals surface area (Å²) < 4.78 is 0. The van der Waals surface area contributed by atoms with E-state index >= 15 is 0 Å². The average Bonchev–Trinajstić information content (AvgIpc) is 3.41. The number of nitrogens with one attached hydrogen (secondary N) is 2. The number of halogens is 1. The third-order valence-electron chi connectivity index (χ3n) is 4.26. The van der Waals surface area contributed by atoms with Crippen LogP contribution in [0, 0.1) is 0 Å². The zero-order valence-corrected chi connectivity index (χ0v) is 16.4. The molecule has 1 heterocycles. The Morgan fingerprint density at radius 2 is 1.83 bits per heavy atom. The Balaban J connectivity index is 0.00000208. The van der Waals surface area contributed by atoms with Crippen LogP contribution in [0.15, 0.2) is 35.3 Å². The van der Waals surface area contributed by atoms with Crippen molar-refractivity contribution in [1.82, 2.24) is 15.5 Å². The molecule has 24 heavy (non-hydrogen) atoms. The van der Waals surface area contributed by atoms with Gasteiger partial charge < -0.3 is 20.4 Å². The molecule has 132 valence electrons. The van der Waals surface area contributed by atoms with E-state index in [9.17, 15) is 4.79 Å². The Kier molecular flexibility index (Phi) is 7.14. The zero-order chi connectivity index (χ0) is 16.1. The molecule has 1 aromatic carbocycles.